The molecule has 1 saturated carbocycles. The molecule has 2 aliphatic rings. The number of H-pyrrole nitrogens is 1. The van der Waals surface area contributed by atoms with E-state index in [0.717, 1.165) is 38.3 Å². The van der Waals surface area contributed by atoms with E-state index >= 15 is 0 Å². The van der Waals surface area contributed by atoms with Gasteiger partial charge in [-0.1, -0.05) is 18.2 Å². The number of aryl methyl sites for hydroxylation is 1. The highest BCUT2D eigenvalue weighted by Crippen LogP contribution is 2.40. The van der Waals surface area contributed by atoms with Crippen LogP contribution in [0.15, 0.2) is 42.6 Å². The molecule has 0 bridgehead atoms. The van der Waals surface area contributed by atoms with E-state index in [9.17, 15) is 9.90 Å². The Morgan fingerprint density at radius 3 is 2.67 bits per heavy atom. The smallest absolute Gasteiger partial charge is 0.335 e. The van der Waals surface area contributed by atoms with E-state index in [0.29, 0.717) is 11.5 Å². The van der Waals surface area contributed by atoms with Gasteiger partial charge >= 0.3 is 5.97 Å². The molecular weight excluding hydrogens is 408 g/mol. The van der Waals surface area contributed by atoms with Crippen molar-refractivity contribution in [3.63, 3.8) is 0 Å². The van der Waals surface area contributed by atoms with Gasteiger partial charge in [-0.25, -0.2) is 4.79 Å². The van der Waals surface area contributed by atoms with Gasteiger partial charge in [0, 0.05) is 36.1 Å². The first kappa shape index (κ1) is 21.8. The maximum atomic E-state index is 11.4. The van der Waals surface area contributed by atoms with E-state index in [4.69, 9.17) is 6.42 Å². The third kappa shape index (κ3) is 4.56. The molecule has 0 spiro atoms. The highest BCUT2D eigenvalue weighted by atomic mass is 16.4. The molecule has 4 heteroatoms. The van der Waals surface area contributed by atoms with E-state index < -0.39 is 5.97 Å². The number of rotatable bonds is 7. The number of carbonyl (C=O) groups is 1. The predicted molar refractivity (Wildman–Crippen MR) is 132 cm³/mol. The van der Waals surface area contributed by atoms with Crippen molar-refractivity contribution in [3.05, 3.63) is 70.4 Å². The number of aromatic nitrogens is 1. The molecule has 1 saturated heterocycles. The summed E-state index contributed by atoms with van der Waals surface area (Å²) in [4.78, 5) is 17.4. The average Bonchev–Trinajstić information content (AvgIpc) is 3.48. The maximum Gasteiger partial charge on any atom is 0.335 e. The van der Waals surface area contributed by atoms with Crippen molar-refractivity contribution >= 4 is 16.9 Å². The molecule has 1 aliphatic carbocycles. The molecule has 0 amide bonds. The molecule has 0 radical (unpaired) electrons. The zero-order chi connectivity index (χ0) is 22.9. The number of carboxylic acids is 1. The summed E-state index contributed by atoms with van der Waals surface area (Å²) >= 11 is 0. The van der Waals surface area contributed by atoms with Crippen LogP contribution in [-0.4, -0.2) is 27.5 Å². The molecule has 3 aromatic rings. The Morgan fingerprint density at radius 2 is 1.97 bits per heavy atom. The van der Waals surface area contributed by atoms with Crippen molar-refractivity contribution in [1.82, 2.24) is 9.88 Å². The Balaban J connectivity index is 1.49. The SMILES string of the molecule is C#CC[C@@H]1CCN(Cc2c(CC3CC3)cc(C)c3[nH]ccc23)[C@H](c2ccc(C(=O)O)cc2)C1. The fourth-order valence-electron chi connectivity index (χ4n) is 5.57. The first-order chi connectivity index (χ1) is 16.0. The first-order valence-electron chi connectivity index (χ1n) is 12.1. The Bertz CT molecular complexity index is 1200. The number of aromatic amines is 1. The second-order valence-corrected chi connectivity index (χ2v) is 9.96. The van der Waals surface area contributed by atoms with Crippen LogP contribution in [0.5, 0.6) is 0 Å². The fraction of sp³-hybridized carbons (Fsp3) is 0.414. The summed E-state index contributed by atoms with van der Waals surface area (Å²) in [7, 11) is 0. The van der Waals surface area contributed by atoms with Crippen molar-refractivity contribution in [2.45, 2.75) is 58.0 Å². The number of hydrogen-bond donors (Lipinski definition) is 2. The van der Waals surface area contributed by atoms with Gasteiger partial charge < -0.3 is 10.1 Å². The maximum absolute atomic E-state index is 11.4. The number of fused-ring (bicyclic) bond motifs is 1. The number of benzene rings is 2. The van der Waals surface area contributed by atoms with Crippen molar-refractivity contribution in [1.29, 1.82) is 0 Å². The number of nitrogens with zero attached hydrogens (tertiary/aromatic N) is 1. The number of likely N-dealkylation sites (tertiary alicyclic amines) is 1. The molecule has 5 rings (SSSR count). The van der Waals surface area contributed by atoms with Gasteiger partial charge in [-0.05, 0) is 97.9 Å². The average molecular weight is 441 g/mol. The van der Waals surface area contributed by atoms with E-state index in [2.05, 4.69) is 41.1 Å². The van der Waals surface area contributed by atoms with Crippen molar-refractivity contribution in [2.24, 2.45) is 11.8 Å². The number of nitrogens with one attached hydrogen (secondary N) is 1. The van der Waals surface area contributed by atoms with Gasteiger partial charge in [-0.15, -0.1) is 12.3 Å². The summed E-state index contributed by atoms with van der Waals surface area (Å²) in [6.07, 6.45) is 14.5. The molecule has 33 heavy (non-hydrogen) atoms. The molecule has 170 valence electrons. The van der Waals surface area contributed by atoms with Crippen LogP contribution in [0.2, 0.25) is 0 Å². The molecule has 2 N–H and O–H groups in total. The molecule has 2 aromatic carbocycles. The number of carboxylic acid groups (broad SMARTS) is 1. The Kier molecular flexibility index (Phi) is 6.00. The highest BCUT2D eigenvalue weighted by molar-refractivity contribution is 5.88. The largest absolute Gasteiger partial charge is 0.478 e. The normalized spacial score (nSPS) is 21.2. The fourth-order valence-corrected chi connectivity index (χ4v) is 5.57. The third-order valence-corrected chi connectivity index (χ3v) is 7.58. The van der Waals surface area contributed by atoms with Gasteiger partial charge in [-0.2, -0.15) is 0 Å². The van der Waals surface area contributed by atoms with Crippen molar-refractivity contribution < 1.29 is 9.90 Å². The molecule has 2 fully saturated rings. The van der Waals surface area contributed by atoms with Crippen molar-refractivity contribution in [3.8, 4) is 12.3 Å². The number of piperidine rings is 1. The van der Waals surface area contributed by atoms with Gasteiger partial charge in [0.2, 0.25) is 0 Å². The van der Waals surface area contributed by atoms with Gasteiger partial charge in [0.15, 0.2) is 0 Å². The summed E-state index contributed by atoms with van der Waals surface area (Å²) in [5.41, 5.74) is 7.03. The van der Waals surface area contributed by atoms with Crippen LogP contribution >= 0.6 is 0 Å². The summed E-state index contributed by atoms with van der Waals surface area (Å²) in [6, 6.07) is 12.3. The quantitative estimate of drug-likeness (QED) is 0.436. The van der Waals surface area contributed by atoms with Crippen LogP contribution in [0.25, 0.3) is 10.9 Å². The number of terminal acetylenes is 1. The first-order valence-corrected chi connectivity index (χ1v) is 12.1. The van der Waals surface area contributed by atoms with Crippen LogP contribution in [0.3, 0.4) is 0 Å². The zero-order valence-electron chi connectivity index (χ0n) is 19.3. The monoisotopic (exact) mass is 440 g/mol. The standard InChI is InChI=1S/C29H32N2O2/c1-3-4-20-12-14-31(27(17-20)22-7-9-23(10-8-22)29(32)33)18-26-24(16-21-5-6-21)15-19(2)28-25(26)11-13-30-28/h1,7-11,13,15,20-21,27,30H,4-6,12,14,16-18H2,2H3,(H,32,33)/t20-,27+/m1/s1. The lowest BCUT2D eigenvalue weighted by Crippen LogP contribution is -2.36. The van der Waals surface area contributed by atoms with Gasteiger partial charge in [0.1, 0.15) is 0 Å². The lowest BCUT2D eigenvalue weighted by atomic mass is 9.84. The molecule has 0 unspecified atom stereocenters. The van der Waals surface area contributed by atoms with Gasteiger partial charge in [0.25, 0.3) is 0 Å². The van der Waals surface area contributed by atoms with E-state index in [-0.39, 0.29) is 6.04 Å². The highest BCUT2D eigenvalue weighted by Gasteiger charge is 2.31. The van der Waals surface area contributed by atoms with Crippen LogP contribution in [0.4, 0.5) is 0 Å². The molecule has 4 nitrogen and oxygen atoms in total. The minimum absolute atomic E-state index is 0.240. The molecule has 2 atom stereocenters. The second kappa shape index (κ2) is 9.08. The molecular formula is C29H32N2O2. The van der Waals surface area contributed by atoms with Crippen LogP contribution in [0, 0.1) is 31.1 Å². The Labute approximate surface area is 196 Å². The van der Waals surface area contributed by atoms with Crippen LogP contribution < -0.4 is 0 Å². The van der Waals surface area contributed by atoms with Crippen LogP contribution in [-0.2, 0) is 13.0 Å². The van der Waals surface area contributed by atoms with Gasteiger partial charge in [-0.3, -0.25) is 4.90 Å². The zero-order valence-corrected chi connectivity index (χ0v) is 19.3. The minimum Gasteiger partial charge on any atom is -0.478 e. The van der Waals surface area contributed by atoms with Crippen molar-refractivity contribution in [2.75, 3.05) is 6.54 Å². The third-order valence-electron chi connectivity index (χ3n) is 7.58. The lowest BCUT2D eigenvalue weighted by molar-refractivity contribution is 0.0696. The predicted octanol–water partition coefficient (Wildman–Crippen LogP) is 6.10. The van der Waals surface area contributed by atoms with E-state index in [1.807, 2.05) is 12.1 Å². The summed E-state index contributed by atoms with van der Waals surface area (Å²) in [5, 5.41) is 10.7. The van der Waals surface area contributed by atoms with Crippen LogP contribution in [0.1, 0.15) is 70.8 Å². The summed E-state index contributed by atoms with van der Waals surface area (Å²) in [5.74, 6) is 3.32. The second-order valence-electron chi connectivity index (χ2n) is 9.96. The minimum atomic E-state index is -0.883. The number of aromatic carboxylic acids is 1. The molecule has 1 aliphatic heterocycles. The topological polar surface area (TPSA) is 56.3 Å². The molecule has 2 heterocycles. The summed E-state index contributed by atoms with van der Waals surface area (Å²) in [6.45, 7) is 4.11. The number of hydrogen-bond acceptors (Lipinski definition) is 2. The van der Waals surface area contributed by atoms with E-state index in [1.54, 1.807) is 12.1 Å². The van der Waals surface area contributed by atoms with Gasteiger partial charge in [0.05, 0.1) is 5.56 Å². The lowest BCUT2D eigenvalue weighted by Gasteiger charge is -2.40. The Hall–Kier alpha value is -3.03. The Morgan fingerprint density at radius 1 is 1.18 bits per heavy atom. The van der Waals surface area contributed by atoms with E-state index in [1.165, 1.54) is 52.4 Å². The summed E-state index contributed by atoms with van der Waals surface area (Å²) < 4.78 is 0. The molecule has 1 aromatic heterocycles.